The Morgan fingerprint density at radius 1 is 1.36 bits per heavy atom. The minimum absolute atomic E-state index is 0.516. The molecule has 0 aliphatic carbocycles. The van der Waals surface area contributed by atoms with Gasteiger partial charge in [-0.05, 0) is 11.8 Å². The second-order valence-electron chi connectivity index (χ2n) is 3.72. The van der Waals surface area contributed by atoms with E-state index >= 15 is 0 Å². The molecule has 62 valence electrons. The summed E-state index contributed by atoms with van der Waals surface area (Å²) in [6.45, 7) is 8.39. The Kier molecular flexibility index (Phi) is 4.63. The van der Waals surface area contributed by atoms with Crippen LogP contribution in [0.25, 0.3) is 0 Å². The van der Waals surface area contributed by atoms with E-state index in [9.17, 15) is 0 Å². The first-order valence-corrected chi connectivity index (χ1v) is 4.73. The smallest absolute Gasteiger partial charge is 0.0963 e. The lowest BCUT2D eigenvalue weighted by Gasteiger charge is -2.35. The van der Waals surface area contributed by atoms with Crippen molar-refractivity contribution in [2.45, 2.75) is 38.8 Å². The van der Waals surface area contributed by atoms with Crippen molar-refractivity contribution < 1.29 is 0 Å². The molecule has 0 heterocycles. The second kappa shape index (κ2) is 4.69. The predicted octanol–water partition coefficient (Wildman–Crippen LogP) is 1.38. The monoisotopic (exact) mass is 150 g/mol. The molecular weight excluding hydrogens is 130 g/mol. The van der Waals surface area contributed by atoms with Gasteiger partial charge in [0.2, 0.25) is 0 Å². The van der Waals surface area contributed by atoms with Crippen LogP contribution in [0.15, 0.2) is 12.7 Å². The van der Waals surface area contributed by atoms with Gasteiger partial charge in [0.05, 0.1) is 15.7 Å². The molecule has 0 saturated carbocycles. The molecule has 0 atom stereocenters. The molecule has 0 aliphatic heterocycles. The molecule has 0 unspecified atom stereocenters. The van der Waals surface area contributed by atoms with Crippen LogP contribution in [0.1, 0.15) is 33.1 Å². The third-order valence-corrected chi connectivity index (χ3v) is 3.18. The normalized spacial score (nSPS) is 11.9. The Morgan fingerprint density at radius 2 is 1.82 bits per heavy atom. The molecule has 11 heavy (non-hydrogen) atoms. The van der Waals surface area contributed by atoms with E-state index in [1.807, 2.05) is 0 Å². The van der Waals surface area contributed by atoms with E-state index in [4.69, 9.17) is 0 Å². The summed E-state index contributed by atoms with van der Waals surface area (Å²) in [5.41, 5.74) is 1.29. The van der Waals surface area contributed by atoms with Crippen LogP contribution >= 0.6 is 0 Å². The first-order valence-electron chi connectivity index (χ1n) is 4.73. The van der Waals surface area contributed by atoms with Crippen molar-refractivity contribution >= 4 is 15.7 Å². The van der Waals surface area contributed by atoms with Crippen LogP contribution in [0.5, 0.6) is 0 Å². The van der Waals surface area contributed by atoms with Crippen molar-refractivity contribution in [2.24, 2.45) is 5.41 Å². The highest BCUT2D eigenvalue weighted by molar-refractivity contribution is 6.36. The molecular formula is C9H20B2. The maximum Gasteiger partial charge on any atom is 0.0963 e. The van der Waals surface area contributed by atoms with E-state index < -0.39 is 0 Å². The average Bonchev–Trinajstić information content (AvgIpc) is 2.00. The molecule has 0 aromatic rings. The largest absolute Gasteiger partial charge is 0.103 e. The lowest BCUT2D eigenvalue weighted by molar-refractivity contribution is 0.286. The minimum Gasteiger partial charge on any atom is -0.103 e. The molecule has 0 spiro atoms. The van der Waals surface area contributed by atoms with Crippen molar-refractivity contribution in [3.8, 4) is 0 Å². The number of rotatable bonds is 5. The van der Waals surface area contributed by atoms with E-state index in [-0.39, 0.29) is 0 Å². The van der Waals surface area contributed by atoms with Gasteiger partial charge in [0.15, 0.2) is 0 Å². The Labute approximate surface area is 73.3 Å². The Morgan fingerprint density at radius 3 is 1.91 bits per heavy atom. The average molecular weight is 150 g/mol. The summed E-state index contributed by atoms with van der Waals surface area (Å²) in [4.78, 5) is 0. The molecule has 0 nitrogen and oxygen atoms in total. The quantitative estimate of drug-likeness (QED) is 0.410. The van der Waals surface area contributed by atoms with E-state index in [2.05, 4.69) is 42.2 Å². The van der Waals surface area contributed by atoms with Crippen LogP contribution in [-0.2, 0) is 0 Å². The molecule has 0 rings (SSSR count). The van der Waals surface area contributed by atoms with Crippen LogP contribution < -0.4 is 0 Å². The molecule has 0 aromatic heterocycles. The third kappa shape index (κ3) is 2.43. The Bertz CT molecular complexity index is 115. The second-order valence-corrected chi connectivity index (χ2v) is 3.72. The summed E-state index contributed by atoms with van der Waals surface area (Å²) in [7, 11) is 4.63. The highest BCUT2D eigenvalue weighted by atomic mass is 14.3. The van der Waals surface area contributed by atoms with Gasteiger partial charge in [-0.15, -0.1) is 6.58 Å². The SMILES string of the molecule is BC(B)C(CC)(CC)CC=C. The van der Waals surface area contributed by atoms with E-state index in [0.717, 1.165) is 12.1 Å². The number of hydrogen-bond donors (Lipinski definition) is 0. The topological polar surface area (TPSA) is 0 Å². The number of allylic oxidation sites excluding steroid dienone is 1. The molecule has 0 bridgehead atoms. The van der Waals surface area contributed by atoms with Gasteiger partial charge in [-0.1, -0.05) is 38.5 Å². The maximum atomic E-state index is 3.82. The Balaban J connectivity index is 4.31. The van der Waals surface area contributed by atoms with Crippen molar-refractivity contribution in [1.82, 2.24) is 0 Å². The molecule has 0 N–H and O–H groups in total. The fourth-order valence-corrected chi connectivity index (χ4v) is 1.88. The van der Waals surface area contributed by atoms with Crippen molar-refractivity contribution in [2.75, 3.05) is 0 Å². The minimum atomic E-state index is 0.516. The summed E-state index contributed by atoms with van der Waals surface area (Å²) < 4.78 is 0. The molecule has 0 fully saturated rings. The van der Waals surface area contributed by atoms with Crippen molar-refractivity contribution in [3.05, 3.63) is 12.7 Å². The summed E-state index contributed by atoms with van der Waals surface area (Å²) >= 11 is 0. The fraction of sp³-hybridized carbons (Fsp3) is 0.778. The summed E-state index contributed by atoms with van der Waals surface area (Å²) in [5, 5.41) is 0. The zero-order valence-electron chi connectivity index (χ0n) is 8.48. The van der Waals surface area contributed by atoms with Crippen molar-refractivity contribution in [1.29, 1.82) is 0 Å². The van der Waals surface area contributed by atoms with Gasteiger partial charge in [-0.2, -0.15) is 0 Å². The van der Waals surface area contributed by atoms with E-state index in [1.54, 1.807) is 0 Å². The standard InChI is InChI=1S/C9H20B2/c1-4-7-9(5-2,6-3)8(10)11/h4,8H,1,5-7,10-11H2,2-3H3. The van der Waals surface area contributed by atoms with Crippen LogP contribution in [0.3, 0.4) is 0 Å². The van der Waals surface area contributed by atoms with Crippen LogP contribution in [0.4, 0.5) is 0 Å². The molecule has 0 saturated heterocycles. The first kappa shape index (κ1) is 10.9. The molecule has 0 aliphatic rings. The third-order valence-electron chi connectivity index (χ3n) is 3.18. The van der Waals surface area contributed by atoms with Gasteiger partial charge < -0.3 is 0 Å². The molecule has 2 heteroatoms. The highest BCUT2D eigenvalue weighted by Gasteiger charge is 2.27. The van der Waals surface area contributed by atoms with E-state index in [1.165, 1.54) is 12.8 Å². The highest BCUT2D eigenvalue weighted by Crippen LogP contribution is 2.39. The van der Waals surface area contributed by atoms with Gasteiger partial charge in [0, 0.05) is 0 Å². The summed E-state index contributed by atoms with van der Waals surface area (Å²) in [6, 6.07) is 0. The summed E-state index contributed by atoms with van der Waals surface area (Å²) in [6.07, 6.45) is 5.77. The Hall–Kier alpha value is -0.130. The maximum absolute atomic E-state index is 3.82. The lowest BCUT2D eigenvalue weighted by Crippen LogP contribution is -2.25. The lowest BCUT2D eigenvalue weighted by atomic mass is 9.52. The first-order chi connectivity index (χ1) is 5.13. The zero-order chi connectivity index (χ0) is 8.91. The van der Waals surface area contributed by atoms with E-state index in [0.29, 0.717) is 5.41 Å². The van der Waals surface area contributed by atoms with Gasteiger partial charge >= 0.3 is 0 Å². The van der Waals surface area contributed by atoms with Crippen LogP contribution in [-0.4, -0.2) is 15.7 Å². The van der Waals surface area contributed by atoms with Crippen LogP contribution in [0.2, 0.25) is 5.72 Å². The molecule has 0 aromatic carbocycles. The van der Waals surface area contributed by atoms with Gasteiger partial charge in [-0.25, -0.2) is 0 Å². The van der Waals surface area contributed by atoms with Crippen LogP contribution in [0, 0.1) is 5.41 Å². The van der Waals surface area contributed by atoms with Gasteiger partial charge in [0.25, 0.3) is 0 Å². The number of hydrogen-bond acceptors (Lipinski definition) is 0. The predicted molar refractivity (Wildman–Crippen MR) is 58.7 cm³/mol. The zero-order valence-corrected chi connectivity index (χ0v) is 8.48. The van der Waals surface area contributed by atoms with Gasteiger partial charge in [-0.3, -0.25) is 0 Å². The van der Waals surface area contributed by atoms with Gasteiger partial charge in [0.1, 0.15) is 0 Å². The molecule has 0 radical (unpaired) electrons. The molecule has 0 amide bonds. The van der Waals surface area contributed by atoms with Crippen molar-refractivity contribution in [3.63, 3.8) is 0 Å². The summed E-state index contributed by atoms with van der Waals surface area (Å²) in [5.74, 6) is 0. The fourth-order valence-electron chi connectivity index (χ4n) is 1.88.